The summed E-state index contributed by atoms with van der Waals surface area (Å²) in [6.45, 7) is 1.85. The van der Waals surface area contributed by atoms with Crippen LogP contribution < -0.4 is 15.1 Å². The van der Waals surface area contributed by atoms with Crippen molar-refractivity contribution in [2.45, 2.75) is 13.0 Å². The Bertz CT molecular complexity index is 686. The van der Waals surface area contributed by atoms with E-state index in [9.17, 15) is 0 Å². The van der Waals surface area contributed by atoms with E-state index in [4.69, 9.17) is 9.57 Å². The van der Waals surface area contributed by atoms with Gasteiger partial charge in [0.25, 0.3) is 0 Å². The van der Waals surface area contributed by atoms with Crippen LogP contribution in [0.5, 0.6) is 11.5 Å². The Morgan fingerprint density at radius 1 is 1.00 bits per heavy atom. The number of nitrogens with one attached hydrogen (secondary N) is 2. The predicted octanol–water partition coefficient (Wildman–Crippen LogP) is 2.75. The number of aromatic nitrogens is 4. The monoisotopic (exact) mass is 297 g/mol. The van der Waals surface area contributed by atoms with Crippen LogP contribution in [0.15, 0.2) is 54.6 Å². The van der Waals surface area contributed by atoms with Crippen molar-refractivity contribution in [1.29, 1.82) is 0 Å². The molecule has 112 valence electrons. The first-order valence-electron chi connectivity index (χ1n) is 6.79. The van der Waals surface area contributed by atoms with E-state index in [2.05, 4.69) is 26.1 Å². The van der Waals surface area contributed by atoms with E-state index in [1.54, 1.807) is 0 Å². The Morgan fingerprint density at radius 3 is 2.41 bits per heavy atom. The minimum atomic E-state index is -0.284. The van der Waals surface area contributed by atoms with Gasteiger partial charge in [0, 0.05) is 0 Å². The van der Waals surface area contributed by atoms with Crippen LogP contribution in [0.25, 0.3) is 0 Å². The Kier molecular flexibility index (Phi) is 4.15. The summed E-state index contributed by atoms with van der Waals surface area (Å²) in [5.41, 5.74) is 3.75. The second-order valence-corrected chi connectivity index (χ2v) is 4.57. The molecule has 1 heterocycles. The van der Waals surface area contributed by atoms with Gasteiger partial charge in [0.15, 0.2) is 11.9 Å². The highest BCUT2D eigenvalue weighted by atomic mass is 16.6. The van der Waals surface area contributed by atoms with E-state index in [-0.39, 0.29) is 6.10 Å². The van der Waals surface area contributed by atoms with E-state index >= 15 is 0 Å². The van der Waals surface area contributed by atoms with Crippen LogP contribution in [0, 0.1) is 0 Å². The maximum Gasteiger partial charge on any atom is 0.214 e. The number of hydrogen-bond donors (Lipinski definition) is 2. The molecule has 7 heteroatoms. The molecule has 0 saturated heterocycles. The van der Waals surface area contributed by atoms with E-state index in [1.165, 1.54) is 0 Å². The Balaban J connectivity index is 1.56. The van der Waals surface area contributed by atoms with Gasteiger partial charge in [0.2, 0.25) is 5.82 Å². The molecule has 1 unspecified atom stereocenters. The maximum atomic E-state index is 5.72. The van der Waals surface area contributed by atoms with E-state index in [0.29, 0.717) is 17.3 Å². The number of aromatic amines is 1. The molecule has 1 atom stereocenters. The highest BCUT2D eigenvalue weighted by Crippen LogP contribution is 2.22. The first kappa shape index (κ1) is 13.9. The third-order valence-corrected chi connectivity index (χ3v) is 2.92. The lowest BCUT2D eigenvalue weighted by Crippen LogP contribution is -2.06. The Hall–Kier alpha value is -3.09. The maximum absolute atomic E-state index is 5.72. The number of tetrazole rings is 1. The summed E-state index contributed by atoms with van der Waals surface area (Å²) in [7, 11) is 0. The first-order chi connectivity index (χ1) is 10.8. The molecule has 0 amide bonds. The van der Waals surface area contributed by atoms with Crippen LogP contribution >= 0.6 is 0 Å². The van der Waals surface area contributed by atoms with Gasteiger partial charge in [0.1, 0.15) is 5.75 Å². The molecular weight excluding hydrogens is 282 g/mol. The lowest BCUT2D eigenvalue weighted by molar-refractivity contribution is 0.216. The fourth-order valence-corrected chi connectivity index (χ4v) is 1.81. The lowest BCUT2D eigenvalue weighted by atomic mass is 10.3. The fraction of sp³-hybridized carbons (Fsp3) is 0.133. The van der Waals surface area contributed by atoms with Gasteiger partial charge >= 0.3 is 0 Å². The van der Waals surface area contributed by atoms with Crippen LogP contribution in [-0.2, 0) is 0 Å². The van der Waals surface area contributed by atoms with Gasteiger partial charge in [-0.05, 0) is 43.3 Å². The first-order valence-corrected chi connectivity index (χ1v) is 6.79. The van der Waals surface area contributed by atoms with E-state index < -0.39 is 0 Å². The average molecular weight is 297 g/mol. The number of benzene rings is 2. The number of anilines is 1. The van der Waals surface area contributed by atoms with Gasteiger partial charge in [-0.2, -0.15) is 5.21 Å². The number of para-hydroxylation sites is 1. The van der Waals surface area contributed by atoms with Crippen molar-refractivity contribution in [3.05, 3.63) is 60.4 Å². The van der Waals surface area contributed by atoms with Crippen LogP contribution in [0.2, 0.25) is 0 Å². The molecule has 1 aromatic heterocycles. The number of ether oxygens (including phenoxy) is 1. The lowest BCUT2D eigenvalue weighted by Gasteiger charge is -2.12. The van der Waals surface area contributed by atoms with Crippen molar-refractivity contribution >= 4 is 5.69 Å². The van der Waals surface area contributed by atoms with Crippen molar-refractivity contribution in [2.75, 3.05) is 5.48 Å². The van der Waals surface area contributed by atoms with Crippen molar-refractivity contribution in [1.82, 2.24) is 20.6 Å². The average Bonchev–Trinajstić information content (AvgIpc) is 3.10. The topological polar surface area (TPSA) is 85.0 Å². The molecule has 0 aliphatic carbocycles. The number of H-pyrrole nitrogens is 1. The third kappa shape index (κ3) is 3.51. The molecular formula is C15H15N5O2. The number of rotatable bonds is 6. The van der Waals surface area contributed by atoms with Gasteiger partial charge < -0.3 is 9.57 Å². The van der Waals surface area contributed by atoms with Crippen LogP contribution in [-0.4, -0.2) is 20.6 Å². The summed E-state index contributed by atoms with van der Waals surface area (Å²) in [5, 5.41) is 13.7. The van der Waals surface area contributed by atoms with Gasteiger partial charge in [-0.25, -0.2) is 5.48 Å². The summed E-state index contributed by atoms with van der Waals surface area (Å²) in [6, 6.07) is 16.9. The minimum absolute atomic E-state index is 0.284. The second kappa shape index (κ2) is 6.57. The molecule has 0 aliphatic heterocycles. The van der Waals surface area contributed by atoms with Crippen molar-refractivity contribution in [3.8, 4) is 11.5 Å². The molecule has 0 bridgehead atoms. The minimum Gasteiger partial charge on any atom is -0.483 e. The summed E-state index contributed by atoms with van der Waals surface area (Å²) < 4.78 is 5.72. The van der Waals surface area contributed by atoms with Crippen LogP contribution in [0.4, 0.5) is 5.69 Å². The normalized spacial score (nSPS) is 11.7. The van der Waals surface area contributed by atoms with Crippen molar-refractivity contribution in [3.63, 3.8) is 0 Å². The Morgan fingerprint density at radius 2 is 1.73 bits per heavy atom. The van der Waals surface area contributed by atoms with Gasteiger partial charge in [-0.3, -0.25) is 0 Å². The summed E-state index contributed by atoms with van der Waals surface area (Å²) in [4.78, 5) is 5.48. The molecule has 0 spiro atoms. The zero-order valence-corrected chi connectivity index (χ0v) is 11.9. The predicted molar refractivity (Wildman–Crippen MR) is 80.4 cm³/mol. The third-order valence-electron chi connectivity index (χ3n) is 2.92. The molecule has 7 nitrogen and oxygen atoms in total. The van der Waals surface area contributed by atoms with Crippen LogP contribution in [0.1, 0.15) is 18.9 Å². The highest BCUT2D eigenvalue weighted by molar-refractivity contribution is 5.41. The van der Waals surface area contributed by atoms with Crippen LogP contribution in [0.3, 0.4) is 0 Å². The van der Waals surface area contributed by atoms with Crippen molar-refractivity contribution < 1.29 is 9.57 Å². The quantitative estimate of drug-likeness (QED) is 0.680. The van der Waals surface area contributed by atoms with Crippen molar-refractivity contribution in [2.24, 2.45) is 0 Å². The SMILES string of the molecule is CC(Oc1ccc(ONc2ccccc2)cc1)c1nn[nH]n1. The van der Waals surface area contributed by atoms with E-state index in [1.807, 2.05) is 61.5 Å². The smallest absolute Gasteiger partial charge is 0.214 e. The molecule has 22 heavy (non-hydrogen) atoms. The Labute approximate surface area is 127 Å². The molecule has 2 N–H and O–H groups in total. The molecule has 2 aromatic carbocycles. The largest absolute Gasteiger partial charge is 0.483 e. The summed E-state index contributed by atoms with van der Waals surface area (Å²) >= 11 is 0. The number of nitrogens with zero attached hydrogens (tertiary/aromatic N) is 3. The van der Waals surface area contributed by atoms with Gasteiger partial charge in [-0.15, -0.1) is 10.2 Å². The molecule has 0 fully saturated rings. The zero-order valence-electron chi connectivity index (χ0n) is 11.9. The zero-order chi connectivity index (χ0) is 15.2. The number of hydrogen-bond acceptors (Lipinski definition) is 6. The van der Waals surface area contributed by atoms with E-state index in [0.717, 1.165) is 5.69 Å². The standard InChI is InChI=1S/C15H15N5O2/c1-11(15-16-19-20-17-15)21-13-7-9-14(10-8-13)22-18-12-5-3-2-4-6-12/h2-11,18H,1H3,(H,16,17,19,20). The molecule has 0 aliphatic rings. The second-order valence-electron chi connectivity index (χ2n) is 4.57. The summed E-state index contributed by atoms with van der Waals surface area (Å²) in [6.07, 6.45) is -0.284. The fourth-order valence-electron chi connectivity index (χ4n) is 1.81. The van der Waals surface area contributed by atoms with Gasteiger partial charge in [0.05, 0.1) is 5.69 Å². The molecule has 3 rings (SSSR count). The molecule has 0 saturated carbocycles. The molecule has 3 aromatic rings. The molecule has 0 radical (unpaired) electrons. The van der Waals surface area contributed by atoms with Gasteiger partial charge in [-0.1, -0.05) is 23.4 Å². The summed E-state index contributed by atoms with van der Waals surface area (Å²) in [5.74, 6) is 1.89. The highest BCUT2D eigenvalue weighted by Gasteiger charge is 2.11.